The summed E-state index contributed by atoms with van der Waals surface area (Å²) in [6.45, 7) is 1.07. The maximum atomic E-state index is 13.5. The Morgan fingerprint density at radius 3 is 2.85 bits per heavy atom. The molecule has 0 bridgehead atoms. The Hall–Kier alpha value is -0.690. The number of rotatable bonds is 7. The van der Waals surface area contributed by atoms with Gasteiger partial charge in [-0.05, 0) is 35.1 Å². The van der Waals surface area contributed by atoms with Gasteiger partial charge in [0.05, 0.1) is 17.7 Å². The summed E-state index contributed by atoms with van der Waals surface area (Å²) in [5, 5.41) is 3.19. The average molecular weight is 348 g/mol. The average Bonchev–Trinajstić information content (AvgIpc) is 2.43. The van der Waals surface area contributed by atoms with Crippen molar-refractivity contribution in [3.63, 3.8) is 0 Å². The molecule has 0 saturated heterocycles. The zero-order valence-corrected chi connectivity index (χ0v) is 13.2. The number of ether oxygens (including phenoxy) is 3. The third-order valence-electron chi connectivity index (χ3n) is 3.40. The summed E-state index contributed by atoms with van der Waals surface area (Å²) in [5.74, 6) is 0.189. The lowest BCUT2D eigenvalue weighted by Crippen LogP contribution is -2.60. The van der Waals surface area contributed by atoms with E-state index in [2.05, 4.69) is 21.2 Å². The van der Waals surface area contributed by atoms with E-state index < -0.39 is 0 Å². The van der Waals surface area contributed by atoms with Crippen LogP contribution in [0.2, 0.25) is 0 Å². The minimum atomic E-state index is -0.330. The highest BCUT2D eigenvalue weighted by molar-refractivity contribution is 9.10. The number of halogens is 2. The van der Waals surface area contributed by atoms with Gasteiger partial charge in [0, 0.05) is 25.6 Å². The summed E-state index contributed by atoms with van der Waals surface area (Å²) in [4.78, 5) is 0. The molecule has 0 aromatic heterocycles. The largest absolute Gasteiger partial charge is 0.487 e. The molecule has 6 heteroatoms. The molecule has 112 valence electrons. The Bertz CT molecular complexity index is 446. The summed E-state index contributed by atoms with van der Waals surface area (Å²) in [6.07, 6.45) is 0.734. The van der Waals surface area contributed by atoms with Gasteiger partial charge in [-0.3, -0.25) is 0 Å². The van der Waals surface area contributed by atoms with Crippen LogP contribution in [0.25, 0.3) is 0 Å². The molecule has 0 spiro atoms. The van der Waals surface area contributed by atoms with E-state index in [0.717, 1.165) is 6.42 Å². The second-order valence-corrected chi connectivity index (χ2v) is 5.55. The molecule has 20 heavy (non-hydrogen) atoms. The first-order chi connectivity index (χ1) is 9.65. The van der Waals surface area contributed by atoms with Gasteiger partial charge in [-0.1, -0.05) is 0 Å². The van der Waals surface area contributed by atoms with Gasteiger partial charge in [-0.2, -0.15) is 0 Å². The fourth-order valence-electron chi connectivity index (χ4n) is 2.20. The van der Waals surface area contributed by atoms with E-state index in [-0.39, 0.29) is 24.1 Å². The molecule has 1 saturated carbocycles. The van der Waals surface area contributed by atoms with Crippen molar-refractivity contribution in [2.45, 2.75) is 24.7 Å². The molecule has 1 N–H and O–H groups in total. The Morgan fingerprint density at radius 1 is 1.40 bits per heavy atom. The van der Waals surface area contributed by atoms with Gasteiger partial charge in [0.2, 0.25) is 0 Å². The standard InChI is InChI=1S/C14H19BrFNO3/c1-17-12-8-13(14(12)19-6-5-18-2)20-9-3-4-10(15)11(16)7-9/h3-4,7,12-14,17H,5-6,8H2,1-2H3. The number of methoxy groups -OCH3 is 1. The van der Waals surface area contributed by atoms with Gasteiger partial charge < -0.3 is 19.5 Å². The van der Waals surface area contributed by atoms with Crippen molar-refractivity contribution in [1.82, 2.24) is 5.32 Å². The van der Waals surface area contributed by atoms with Crippen LogP contribution in [0.3, 0.4) is 0 Å². The second-order valence-electron chi connectivity index (χ2n) is 4.69. The van der Waals surface area contributed by atoms with Crippen molar-refractivity contribution in [3.8, 4) is 5.75 Å². The van der Waals surface area contributed by atoms with Gasteiger partial charge in [-0.15, -0.1) is 0 Å². The monoisotopic (exact) mass is 347 g/mol. The van der Waals surface area contributed by atoms with Crippen LogP contribution in [0, 0.1) is 5.82 Å². The lowest BCUT2D eigenvalue weighted by atomic mass is 9.85. The topological polar surface area (TPSA) is 39.7 Å². The lowest BCUT2D eigenvalue weighted by Gasteiger charge is -2.43. The van der Waals surface area contributed by atoms with Crippen LogP contribution in [0.5, 0.6) is 5.75 Å². The number of hydrogen-bond acceptors (Lipinski definition) is 4. The van der Waals surface area contributed by atoms with Crippen molar-refractivity contribution >= 4 is 15.9 Å². The molecular formula is C14H19BrFNO3. The minimum Gasteiger partial charge on any atom is -0.487 e. The first-order valence-electron chi connectivity index (χ1n) is 6.55. The summed E-state index contributed by atoms with van der Waals surface area (Å²) in [6, 6.07) is 5.02. The van der Waals surface area contributed by atoms with Crippen LogP contribution in [0.4, 0.5) is 4.39 Å². The summed E-state index contributed by atoms with van der Waals surface area (Å²) in [7, 11) is 3.53. The second kappa shape index (κ2) is 7.36. The van der Waals surface area contributed by atoms with Crippen LogP contribution in [0.1, 0.15) is 6.42 Å². The highest BCUT2D eigenvalue weighted by Gasteiger charge is 2.43. The molecule has 3 unspecified atom stereocenters. The highest BCUT2D eigenvalue weighted by atomic mass is 79.9. The van der Waals surface area contributed by atoms with Crippen molar-refractivity contribution in [1.29, 1.82) is 0 Å². The van der Waals surface area contributed by atoms with Crippen LogP contribution >= 0.6 is 15.9 Å². The van der Waals surface area contributed by atoms with E-state index in [1.165, 1.54) is 6.07 Å². The quantitative estimate of drug-likeness (QED) is 0.768. The maximum Gasteiger partial charge on any atom is 0.141 e. The third kappa shape index (κ3) is 3.69. The van der Waals surface area contributed by atoms with Gasteiger partial charge in [0.15, 0.2) is 0 Å². The smallest absolute Gasteiger partial charge is 0.141 e. The fourth-order valence-corrected chi connectivity index (χ4v) is 2.44. The molecule has 0 radical (unpaired) electrons. The molecule has 1 aromatic rings. The zero-order valence-electron chi connectivity index (χ0n) is 11.6. The van der Waals surface area contributed by atoms with Crippen molar-refractivity contribution in [3.05, 3.63) is 28.5 Å². The highest BCUT2D eigenvalue weighted by Crippen LogP contribution is 2.30. The molecule has 0 amide bonds. The summed E-state index contributed by atoms with van der Waals surface area (Å²) < 4.78 is 30.4. The van der Waals surface area contributed by atoms with Crippen molar-refractivity contribution in [2.75, 3.05) is 27.4 Å². The molecule has 1 aliphatic carbocycles. The van der Waals surface area contributed by atoms with E-state index >= 15 is 0 Å². The number of likely N-dealkylation sites (N-methyl/N-ethyl adjacent to an activating group) is 1. The van der Waals surface area contributed by atoms with Crippen LogP contribution < -0.4 is 10.1 Å². The number of benzene rings is 1. The number of hydrogen-bond donors (Lipinski definition) is 1. The zero-order chi connectivity index (χ0) is 14.5. The Morgan fingerprint density at radius 2 is 2.20 bits per heavy atom. The van der Waals surface area contributed by atoms with E-state index in [0.29, 0.717) is 23.4 Å². The van der Waals surface area contributed by atoms with Crippen LogP contribution in [0.15, 0.2) is 22.7 Å². The van der Waals surface area contributed by atoms with Gasteiger partial charge in [0.1, 0.15) is 23.8 Å². The van der Waals surface area contributed by atoms with Crippen LogP contribution in [-0.4, -0.2) is 45.6 Å². The summed E-state index contributed by atoms with van der Waals surface area (Å²) in [5.41, 5.74) is 0. The van der Waals surface area contributed by atoms with E-state index in [1.807, 2.05) is 7.05 Å². The molecule has 3 atom stereocenters. The molecule has 0 heterocycles. The SMILES string of the molecule is CNC1CC(Oc2ccc(Br)c(F)c2)C1OCCOC. The van der Waals surface area contributed by atoms with E-state index in [4.69, 9.17) is 14.2 Å². The first kappa shape index (κ1) is 15.7. The first-order valence-corrected chi connectivity index (χ1v) is 7.34. The molecule has 1 fully saturated rings. The number of nitrogens with one attached hydrogen (secondary N) is 1. The van der Waals surface area contributed by atoms with E-state index in [9.17, 15) is 4.39 Å². The molecular weight excluding hydrogens is 329 g/mol. The fraction of sp³-hybridized carbons (Fsp3) is 0.571. The molecule has 2 rings (SSSR count). The van der Waals surface area contributed by atoms with Gasteiger partial charge >= 0.3 is 0 Å². The van der Waals surface area contributed by atoms with Crippen molar-refractivity contribution in [2.24, 2.45) is 0 Å². The molecule has 1 aliphatic rings. The van der Waals surface area contributed by atoms with Crippen LogP contribution in [-0.2, 0) is 9.47 Å². The predicted octanol–water partition coefficient (Wildman–Crippen LogP) is 2.36. The Kier molecular flexibility index (Phi) is 5.77. The molecule has 4 nitrogen and oxygen atoms in total. The van der Waals surface area contributed by atoms with Gasteiger partial charge in [0.25, 0.3) is 0 Å². The predicted molar refractivity (Wildman–Crippen MR) is 77.6 cm³/mol. The maximum absolute atomic E-state index is 13.5. The Labute approximate surface area is 126 Å². The van der Waals surface area contributed by atoms with Gasteiger partial charge in [-0.25, -0.2) is 4.39 Å². The minimum absolute atomic E-state index is 0.0399. The lowest BCUT2D eigenvalue weighted by molar-refractivity contribution is -0.114. The molecule has 1 aromatic carbocycles. The third-order valence-corrected chi connectivity index (χ3v) is 4.04. The summed E-state index contributed by atoms with van der Waals surface area (Å²) >= 11 is 3.12. The molecule has 0 aliphatic heterocycles. The Balaban J connectivity index is 1.92. The normalized spacial score (nSPS) is 25.3. The van der Waals surface area contributed by atoms with Crippen molar-refractivity contribution < 1.29 is 18.6 Å². The van der Waals surface area contributed by atoms with E-state index in [1.54, 1.807) is 19.2 Å².